The summed E-state index contributed by atoms with van der Waals surface area (Å²) in [7, 11) is 1.61. The minimum absolute atomic E-state index is 0.227. The Kier molecular flexibility index (Phi) is 7.51. The molecule has 0 amide bonds. The molecule has 0 bridgehead atoms. The molecule has 3 rings (SSSR count). The molecule has 158 valence electrons. The molecule has 2 N–H and O–H groups in total. The van der Waals surface area contributed by atoms with Crippen molar-refractivity contribution in [1.82, 2.24) is 15.5 Å². The van der Waals surface area contributed by atoms with E-state index in [9.17, 15) is 0 Å². The van der Waals surface area contributed by atoms with Crippen molar-refractivity contribution in [1.29, 1.82) is 0 Å². The van der Waals surface area contributed by atoms with Gasteiger partial charge in [-0.2, -0.15) is 4.98 Å². The van der Waals surface area contributed by atoms with Gasteiger partial charge >= 0.3 is 0 Å². The normalized spacial score (nSPS) is 11.3. The van der Waals surface area contributed by atoms with Gasteiger partial charge in [0.1, 0.15) is 6.54 Å². The molecular formula is C21H24ClN5O3. The Labute approximate surface area is 180 Å². The summed E-state index contributed by atoms with van der Waals surface area (Å²) in [4.78, 5) is 8.91. The van der Waals surface area contributed by atoms with E-state index in [1.165, 1.54) is 0 Å². The SMILES string of the molecule is CCNC(=NCc1nc(-c2ccc(Cl)cc2)no1)Nc1ccc(OC)c(OCC)c1. The van der Waals surface area contributed by atoms with Crippen LogP contribution in [0.3, 0.4) is 0 Å². The maximum absolute atomic E-state index is 5.92. The maximum Gasteiger partial charge on any atom is 0.248 e. The van der Waals surface area contributed by atoms with Crippen molar-refractivity contribution >= 4 is 23.2 Å². The highest BCUT2D eigenvalue weighted by atomic mass is 35.5. The second-order valence-electron chi connectivity index (χ2n) is 6.14. The predicted octanol–water partition coefficient (Wildman–Crippen LogP) is 4.37. The van der Waals surface area contributed by atoms with Gasteiger partial charge in [-0.1, -0.05) is 16.8 Å². The van der Waals surface area contributed by atoms with Crippen molar-refractivity contribution in [3.8, 4) is 22.9 Å². The average Bonchev–Trinajstić information content (AvgIpc) is 3.22. The van der Waals surface area contributed by atoms with Crippen molar-refractivity contribution in [2.45, 2.75) is 20.4 Å². The van der Waals surface area contributed by atoms with Crippen LogP contribution < -0.4 is 20.1 Å². The molecule has 0 spiro atoms. The minimum atomic E-state index is 0.227. The fourth-order valence-corrected chi connectivity index (χ4v) is 2.77. The Balaban J connectivity index is 1.72. The number of rotatable bonds is 8. The number of nitrogens with zero attached hydrogens (tertiary/aromatic N) is 3. The number of benzene rings is 2. The van der Waals surface area contributed by atoms with E-state index in [4.69, 9.17) is 25.6 Å². The summed E-state index contributed by atoms with van der Waals surface area (Å²) in [6.07, 6.45) is 0. The molecule has 0 aliphatic rings. The third-order valence-electron chi connectivity index (χ3n) is 4.01. The van der Waals surface area contributed by atoms with E-state index in [-0.39, 0.29) is 6.54 Å². The number of aliphatic imine (C=N–C) groups is 1. The molecule has 0 saturated heterocycles. The van der Waals surface area contributed by atoms with Gasteiger partial charge in [-0.15, -0.1) is 0 Å². The van der Waals surface area contributed by atoms with Gasteiger partial charge in [-0.05, 0) is 50.2 Å². The van der Waals surface area contributed by atoms with E-state index in [1.807, 2.05) is 44.2 Å². The zero-order valence-corrected chi connectivity index (χ0v) is 17.9. The third kappa shape index (κ3) is 5.64. The van der Waals surface area contributed by atoms with Crippen molar-refractivity contribution in [3.05, 3.63) is 53.4 Å². The maximum atomic E-state index is 5.92. The third-order valence-corrected chi connectivity index (χ3v) is 4.27. The van der Waals surface area contributed by atoms with Gasteiger partial charge in [0.2, 0.25) is 11.7 Å². The van der Waals surface area contributed by atoms with Gasteiger partial charge < -0.3 is 24.6 Å². The quantitative estimate of drug-likeness (QED) is 0.405. The van der Waals surface area contributed by atoms with E-state index in [0.717, 1.165) is 11.3 Å². The highest BCUT2D eigenvalue weighted by molar-refractivity contribution is 6.30. The van der Waals surface area contributed by atoms with Crippen LogP contribution in [0.15, 0.2) is 52.0 Å². The first-order chi connectivity index (χ1) is 14.6. The second kappa shape index (κ2) is 10.5. The molecule has 9 heteroatoms. The van der Waals surface area contributed by atoms with Crippen molar-refractivity contribution in [2.75, 3.05) is 25.6 Å². The number of halogens is 1. The lowest BCUT2D eigenvalue weighted by atomic mass is 10.2. The number of ether oxygens (including phenoxy) is 2. The average molecular weight is 430 g/mol. The first kappa shape index (κ1) is 21.4. The van der Waals surface area contributed by atoms with Crippen LogP contribution in [0, 0.1) is 0 Å². The van der Waals surface area contributed by atoms with E-state index in [2.05, 4.69) is 25.8 Å². The lowest BCUT2D eigenvalue weighted by Gasteiger charge is -2.14. The van der Waals surface area contributed by atoms with Crippen LogP contribution in [0.4, 0.5) is 5.69 Å². The van der Waals surface area contributed by atoms with Crippen LogP contribution >= 0.6 is 11.6 Å². The first-order valence-electron chi connectivity index (χ1n) is 9.57. The molecule has 3 aromatic rings. The Bertz CT molecular complexity index is 989. The van der Waals surface area contributed by atoms with Crippen molar-refractivity contribution < 1.29 is 14.0 Å². The molecule has 0 radical (unpaired) electrons. The van der Waals surface area contributed by atoms with Gasteiger partial charge in [-0.25, -0.2) is 4.99 Å². The molecule has 2 aromatic carbocycles. The topological polar surface area (TPSA) is 93.8 Å². The summed E-state index contributed by atoms with van der Waals surface area (Å²) < 4.78 is 16.3. The standard InChI is InChI=1S/C21H24ClN5O3/c1-4-23-21(25-16-10-11-17(28-3)18(12-16)29-5-2)24-13-19-26-20(27-30-19)14-6-8-15(22)9-7-14/h6-12H,4-5,13H2,1-3H3,(H2,23,24,25). The number of hydrogen-bond donors (Lipinski definition) is 2. The molecule has 0 fully saturated rings. The molecule has 1 aromatic heterocycles. The Morgan fingerprint density at radius 1 is 1.13 bits per heavy atom. The summed E-state index contributed by atoms with van der Waals surface area (Å²) in [5.41, 5.74) is 1.64. The summed E-state index contributed by atoms with van der Waals surface area (Å²) >= 11 is 5.92. The predicted molar refractivity (Wildman–Crippen MR) is 117 cm³/mol. The van der Waals surface area contributed by atoms with Crippen LogP contribution in [-0.2, 0) is 6.54 Å². The molecule has 30 heavy (non-hydrogen) atoms. The van der Waals surface area contributed by atoms with E-state index >= 15 is 0 Å². The lowest BCUT2D eigenvalue weighted by Crippen LogP contribution is -2.30. The largest absolute Gasteiger partial charge is 0.493 e. The molecular weight excluding hydrogens is 406 g/mol. The summed E-state index contributed by atoms with van der Waals surface area (Å²) in [5, 5.41) is 11.1. The van der Waals surface area contributed by atoms with Gasteiger partial charge in [0, 0.05) is 28.9 Å². The number of nitrogens with one attached hydrogen (secondary N) is 2. The Morgan fingerprint density at radius 2 is 1.93 bits per heavy atom. The van der Waals surface area contributed by atoms with Gasteiger partial charge in [0.25, 0.3) is 0 Å². The molecule has 1 heterocycles. The van der Waals surface area contributed by atoms with Crippen LogP contribution in [-0.4, -0.2) is 36.4 Å². The summed E-state index contributed by atoms with van der Waals surface area (Å²) in [6.45, 7) is 5.38. The van der Waals surface area contributed by atoms with Crippen molar-refractivity contribution in [2.24, 2.45) is 4.99 Å². The fourth-order valence-electron chi connectivity index (χ4n) is 2.65. The zero-order chi connectivity index (χ0) is 21.3. The minimum Gasteiger partial charge on any atom is -0.493 e. The number of methoxy groups -OCH3 is 1. The lowest BCUT2D eigenvalue weighted by molar-refractivity contribution is 0.311. The summed E-state index contributed by atoms with van der Waals surface area (Å²) in [5.74, 6) is 2.81. The zero-order valence-electron chi connectivity index (χ0n) is 17.1. The smallest absolute Gasteiger partial charge is 0.248 e. The van der Waals surface area contributed by atoms with Crippen LogP contribution in [0.25, 0.3) is 11.4 Å². The molecule has 0 aliphatic heterocycles. The Morgan fingerprint density at radius 3 is 2.63 bits per heavy atom. The van der Waals surface area contributed by atoms with Crippen LogP contribution in [0.5, 0.6) is 11.5 Å². The first-order valence-corrected chi connectivity index (χ1v) is 9.95. The van der Waals surface area contributed by atoms with Gasteiger partial charge in [0.15, 0.2) is 17.5 Å². The number of guanidine groups is 1. The number of hydrogen-bond acceptors (Lipinski definition) is 6. The van der Waals surface area contributed by atoms with Gasteiger partial charge in [-0.3, -0.25) is 0 Å². The monoisotopic (exact) mass is 429 g/mol. The van der Waals surface area contributed by atoms with E-state index < -0.39 is 0 Å². The van der Waals surface area contributed by atoms with Crippen molar-refractivity contribution in [3.63, 3.8) is 0 Å². The van der Waals surface area contributed by atoms with Crippen LogP contribution in [0.1, 0.15) is 19.7 Å². The Hall–Kier alpha value is -3.26. The van der Waals surface area contributed by atoms with E-state index in [1.54, 1.807) is 19.2 Å². The molecule has 8 nitrogen and oxygen atoms in total. The van der Waals surface area contributed by atoms with Crippen LogP contribution in [0.2, 0.25) is 5.02 Å². The molecule has 0 saturated carbocycles. The number of anilines is 1. The summed E-state index contributed by atoms with van der Waals surface area (Å²) in [6, 6.07) is 12.8. The molecule has 0 unspecified atom stereocenters. The molecule has 0 atom stereocenters. The fraction of sp³-hybridized carbons (Fsp3) is 0.286. The number of aromatic nitrogens is 2. The second-order valence-corrected chi connectivity index (χ2v) is 6.57. The van der Waals surface area contributed by atoms with E-state index in [0.29, 0.717) is 47.3 Å². The highest BCUT2D eigenvalue weighted by Gasteiger charge is 2.10. The highest BCUT2D eigenvalue weighted by Crippen LogP contribution is 2.30. The molecule has 0 aliphatic carbocycles. The van der Waals surface area contributed by atoms with Gasteiger partial charge in [0.05, 0.1) is 13.7 Å².